The molecule has 1 atom stereocenters. The minimum atomic E-state index is 0.331. The van der Waals surface area contributed by atoms with Crippen LogP contribution < -0.4 is 5.32 Å². The van der Waals surface area contributed by atoms with Gasteiger partial charge in [-0.2, -0.15) is 0 Å². The SMILES string of the molecule is CCC(NCc1nccs1)c1cccc(Cl)c1. The fourth-order valence-corrected chi connectivity index (χ4v) is 2.54. The molecule has 90 valence electrons. The van der Waals surface area contributed by atoms with Crippen molar-refractivity contribution in [2.75, 3.05) is 0 Å². The number of benzene rings is 1. The van der Waals surface area contributed by atoms with E-state index in [0.29, 0.717) is 6.04 Å². The number of hydrogen-bond donors (Lipinski definition) is 1. The first-order valence-electron chi connectivity index (χ1n) is 5.67. The van der Waals surface area contributed by atoms with Gasteiger partial charge in [-0.15, -0.1) is 11.3 Å². The first kappa shape index (κ1) is 12.6. The van der Waals surface area contributed by atoms with Crippen molar-refractivity contribution in [2.45, 2.75) is 25.9 Å². The lowest BCUT2D eigenvalue weighted by molar-refractivity contribution is 0.518. The molecule has 4 heteroatoms. The molecule has 1 unspecified atom stereocenters. The van der Waals surface area contributed by atoms with E-state index in [9.17, 15) is 0 Å². The third-order valence-electron chi connectivity index (χ3n) is 2.64. The molecule has 0 amide bonds. The highest BCUT2D eigenvalue weighted by Crippen LogP contribution is 2.20. The Morgan fingerprint density at radius 1 is 1.47 bits per heavy atom. The molecular weight excluding hydrogens is 252 g/mol. The maximum absolute atomic E-state index is 6.01. The third kappa shape index (κ3) is 3.53. The van der Waals surface area contributed by atoms with Gasteiger partial charge in [0, 0.05) is 29.2 Å². The van der Waals surface area contributed by atoms with Crippen LogP contribution in [0.5, 0.6) is 0 Å². The molecule has 1 N–H and O–H groups in total. The van der Waals surface area contributed by atoms with Crippen molar-refractivity contribution < 1.29 is 0 Å². The second-order valence-electron chi connectivity index (χ2n) is 3.82. The molecule has 0 aliphatic heterocycles. The zero-order valence-electron chi connectivity index (χ0n) is 9.69. The van der Waals surface area contributed by atoms with Crippen LogP contribution in [0.3, 0.4) is 0 Å². The van der Waals surface area contributed by atoms with E-state index < -0.39 is 0 Å². The molecule has 0 fully saturated rings. The largest absolute Gasteiger partial charge is 0.304 e. The van der Waals surface area contributed by atoms with Gasteiger partial charge in [0.2, 0.25) is 0 Å². The van der Waals surface area contributed by atoms with Crippen molar-refractivity contribution in [2.24, 2.45) is 0 Å². The van der Waals surface area contributed by atoms with Gasteiger partial charge < -0.3 is 5.32 Å². The molecule has 17 heavy (non-hydrogen) atoms. The van der Waals surface area contributed by atoms with E-state index in [1.807, 2.05) is 29.8 Å². The van der Waals surface area contributed by atoms with Crippen molar-refractivity contribution in [3.8, 4) is 0 Å². The predicted molar refractivity (Wildman–Crippen MR) is 73.4 cm³/mol. The fraction of sp³-hybridized carbons (Fsp3) is 0.308. The molecule has 1 aromatic carbocycles. The first-order chi connectivity index (χ1) is 8.29. The smallest absolute Gasteiger partial charge is 0.106 e. The Hall–Kier alpha value is -0.900. The van der Waals surface area contributed by atoms with Crippen molar-refractivity contribution >= 4 is 22.9 Å². The summed E-state index contributed by atoms with van der Waals surface area (Å²) in [5, 5.41) is 7.41. The average Bonchev–Trinajstić information content (AvgIpc) is 2.83. The maximum atomic E-state index is 6.01. The number of aromatic nitrogens is 1. The van der Waals surface area contributed by atoms with Crippen LogP contribution in [0.25, 0.3) is 0 Å². The molecule has 1 aromatic heterocycles. The molecule has 0 radical (unpaired) electrons. The Morgan fingerprint density at radius 3 is 3.00 bits per heavy atom. The number of nitrogens with zero attached hydrogens (tertiary/aromatic N) is 1. The Morgan fingerprint density at radius 2 is 2.35 bits per heavy atom. The normalized spacial score (nSPS) is 12.6. The third-order valence-corrected chi connectivity index (χ3v) is 3.66. The monoisotopic (exact) mass is 266 g/mol. The van der Waals surface area contributed by atoms with E-state index >= 15 is 0 Å². The lowest BCUT2D eigenvalue weighted by atomic mass is 10.0. The Balaban J connectivity index is 2.01. The van der Waals surface area contributed by atoms with Gasteiger partial charge in [-0.05, 0) is 24.1 Å². The number of thiazole rings is 1. The molecule has 0 aliphatic rings. The predicted octanol–water partition coefficient (Wildman–Crippen LogP) is 4.04. The molecule has 2 rings (SSSR count). The molecule has 0 bridgehead atoms. The summed E-state index contributed by atoms with van der Waals surface area (Å²) in [4.78, 5) is 4.26. The van der Waals surface area contributed by atoms with Gasteiger partial charge in [0.15, 0.2) is 0 Å². The Labute approximate surface area is 111 Å². The highest BCUT2D eigenvalue weighted by Gasteiger charge is 2.09. The number of hydrogen-bond acceptors (Lipinski definition) is 3. The van der Waals surface area contributed by atoms with Gasteiger partial charge in [-0.3, -0.25) is 0 Å². The van der Waals surface area contributed by atoms with Crippen LogP contribution in [-0.2, 0) is 6.54 Å². The summed E-state index contributed by atoms with van der Waals surface area (Å²) in [6, 6.07) is 8.35. The molecule has 1 heterocycles. The molecule has 2 nitrogen and oxygen atoms in total. The van der Waals surface area contributed by atoms with E-state index in [1.165, 1.54) is 5.56 Å². The summed E-state index contributed by atoms with van der Waals surface area (Å²) in [5.74, 6) is 0. The Bertz CT molecular complexity index is 456. The summed E-state index contributed by atoms with van der Waals surface area (Å²) in [7, 11) is 0. The maximum Gasteiger partial charge on any atom is 0.106 e. The van der Waals surface area contributed by atoms with Crippen LogP contribution >= 0.6 is 22.9 Å². The van der Waals surface area contributed by atoms with Crippen LogP contribution in [0.2, 0.25) is 5.02 Å². The van der Waals surface area contributed by atoms with E-state index in [2.05, 4.69) is 23.3 Å². The van der Waals surface area contributed by atoms with Crippen LogP contribution in [-0.4, -0.2) is 4.98 Å². The summed E-state index contributed by atoms with van der Waals surface area (Å²) >= 11 is 7.68. The van der Waals surface area contributed by atoms with E-state index in [0.717, 1.165) is 23.0 Å². The highest BCUT2D eigenvalue weighted by atomic mass is 35.5. The average molecular weight is 267 g/mol. The van der Waals surface area contributed by atoms with Crippen molar-refractivity contribution in [1.29, 1.82) is 0 Å². The van der Waals surface area contributed by atoms with Crippen molar-refractivity contribution in [3.63, 3.8) is 0 Å². The molecule has 0 spiro atoms. The molecule has 0 saturated carbocycles. The standard InChI is InChI=1S/C13H15ClN2S/c1-2-12(10-4-3-5-11(14)8-10)16-9-13-15-6-7-17-13/h3-8,12,16H,2,9H2,1H3. The van der Waals surface area contributed by atoms with Gasteiger partial charge in [-0.25, -0.2) is 4.98 Å². The fourth-order valence-electron chi connectivity index (χ4n) is 1.77. The van der Waals surface area contributed by atoms with Crippen LogP contribution in [0, 0.1) is 0 Å². The van der Waals surface area contributed by atoms with Gasteiger partial charge in [0.25, 0.3) is 0 Å². The molecule has 0 saturated heterocycles. The van der Waals surface area contributed by atoms with Crippen LogP contribution in [0.1, 0.15) is 30.0 Å². The molecular formula is C13H15ClN2S. The van der Waals surface area contributed by atoms with Crippen LogP contribution in [0.4, 0.5) is 0 Å². The zero-order chi connectivity index (χ0) is 12.1. The number of halogens is 1. The lowest BCUT2D eigenvalue weighted by Gasteiger charge is -2.16. The van der Waals surface area contributed by atoms with Gasteiger partial charge >= 0.3 is 0 Å². The second kappa shape index (κ2) is 6.15. The Kier molecular flexibility index (Phi) is 4.54. The van der Waals surface area contributed by atoms with Crippen LogP contribution in [0.15, 0.2) is 35.8 Å². The molecule has 2 aromatic rings. The number of rotatable bonds is 5. The van der Waals surface area contributed by atoms with E-state index in [4.69, 9.17) is 11.6 Å². The second-order valence-corrected chi connectivity index (χ2v) is 5.24. The number of nitrogens with one attached hydrogen (secondary N) is 1. The first-order valence-corrected chi connectivity index (χ1v) is 6.92. The van der Waals surface area contributed by atoms with E-state index in [-0.39, 0.29) is 0 Å². The summed E-state index contributed by atoms with van der Waals surface area (Å²) in [6.45, 7) is 2.98. The summed E-state index contributed by atoms with van der Waals surface area (Å²) < 4.78 is 0. The topological polar surface area (TPSA) is 24.9 Å². The minimum Gasteiger partial charge on any atom is -0.304 e. The van der Waals surface area contributed by atoms with Crippen molar-refractivity contribution in [1.82, 2.24) is 10.3 Å². The highest BCUT2D eigenvalue weighted by molar-refractivity contribution is 7.09. The molecule has 0 aliphatic carbocycles. The lowest BCUT2D eigenvalue weighted by Crippen LogP contribution is -2.20. The van der Waals surface area contributed by atoms with E-state index in [1.54, 1.807) is 11.3 Å². The summed E-state index contributed by atoms with van der Waals surface area (Å²) in [5.41, 5.74) is 1.23. The quantitative estimate of drug-likeness (QED) is 0.884. The van der Waals surface area contributed by atoms with Gasteiger partial charge in [-0.1, -0.05) is 30.7 Å². The minimum absolute atomic E-state index is 0.331. The van der Waals surface area contributed by atoms with Gasteiger partial charge in [0.1, 0.15) is 5.01 Å². The summed E-state index contributed by atoms with van der Waals surface area (Å²) in [6.07, 6.45) is 2.87. The zero-order valence-corrected chi connectivity index (χ0v) is 11.3. The van der Waals surface area contributed by atoms with Gasteiger partial charge in [0.05, 0.1) is 0 Å². The van der Waals surface area contributed by atoms with Crippen molar-refractivity contribution in [3.05, 3.63) is 51.4 Å².